The van der Waals surface area contributed by atoms with Gasteiger partial charge in [0.1, 0.15) is 11.7 Å². The zero-order valence-electron chi connectivity index (χ0n) is 18.1. The van der Waals surface area contributed by atoms with E-state index in [1.54, 1.807) is 25.1 Å². The van der Waals surface area contributed by atoms with Gasteiger partial charge >= 0.3 is 0 Å². The third kappa shape index (κ3) is 3.59. The monoisotopic (exact) mass is 436 g/mol. The Labute approximate surface area is 184 Å². The highest BCUT2D eigenvalue weighted by Gasteiger charge is 2.39. The summed E-state index contributed by atoms with van der Waals surface area (Å²) in [6.45, 7) is 5.34. The van der Waals surface area contributed by atoms with Gasteiger partial charge in [0.2, 0.25) is 11.8 Å². The summed E-state index contributed by atoms with van der Waals surface area (Å²) in [5.41, 5.74) is 3.88. The summed E-state index contributed by atoms with van der Waals surface area (Å²) in [6, 6.07) is 4.28. The largest absolute Gasteiger partial charge is 0.354 e. The van der Waals surface area contributed by atoms with E-state index in [0.717, 1.165) is 0 Å². The zero-order chi connectivity index (χ0) is 23.2. The number of hydrogen-bond acceptors (Lipinski definition) is 5. The number of carbonyl (C=O) groups excluding carboxylic acids is 5. The Balaban J connectivity index is 1.55. The molecule has 166 valence electrons. The van der Waals surface area contributed by atoms with Crippen molar-refractivity contribution in [1.29, 1.82) is 0 Å². The Morgan fingerprint density at radius 1 is 1.22 bits per heavy atom. The predicted octanol–water partition coefficient (Wildman–Crippen LogP) is 2.10. The van der Waals surface area contributed by atoms with Gasteiger partial charge in [0.15, 0.2) is 5.78 Å². The third-order valence-electron chi connectivity index (χ3n) is 6.01. The average Bonchev–Trinajstić information content (AvgIpc) is 3.24. The molecule has 1 saturated heterocycles. The van der Waals surface area contributed by atoms with E-state index in [1.165, 1.54) is 11.8 Å². The summed E-state index contributed by atoms with van der Waals surface area (Å²) < 4.78 is 0. The van der Waals surface area contributed by atoms with Gasteiger partial charge in [0, 0.05) is 35.5 Å². The number of hydrogen-bond donors (Lipinski definition) is 3. The number of Topliss-reactive ketones (excluding diaryl/α,β-unsaturated/α-hetero) is 1. The van der Waals surface area contributed by atoms with Crippen molar-refractivity contribution in [2.45, 2.75) is 52.6 Å². The molecule has 0 saturated carbocycles. The van der Waals surface area contributed by atoms with Crippen LogP contribution < -0.4 is 10.6 Å². The van der Waals surface area contributed by atoms with Gasteiger partial charge in [-0.25, -0.2) is 0 Å². The number of nitrogens with one attached hydrogen (secondary N) is 3. The molecule has 2 aliphatic heterocycles. The number of aromatic amines is 1. The minimum Gasteiger partial charge on any atom is -0.354 e. The summed E-state index contributed by atoms with van der Waals surface area (Å²) in [7, 11) is 0. The van der Waals surface area contributed by atoms with Crippen LogP contribution in [0.2, 0.25) is 0 Å². The van der Waals surface area contributed by atoms with E-state index in [1.807, 2.05) is 6.92 Å². The third-order valence-corrected chi connectivity index (χ3v) is 6.01. The summed E-state index contributed by atoms with van der Waals surface area (Å²) in [5.74, 6) is -1.54. The molecule has 0 radical (unpaired) electrons. The number of rotatable bonds is 5. The smallest absolute Gasteiger partial charge is 0.272 e. The molecular weight excluding hydrogens is 412 g/mol. The van der Waals surface area contributed by atoms with Gasteiger partial charge in [-0.3, -0.25) is 29.3 Å². The van der Waals surface area contributed by atoms with Crippen LogP contribution in [0.25, 0.3) is 0 Å². The van der Waals surface area contributed by atoms with Gasteiger partial charge in [-0.15, -0.1) is 0 Å². The molecule has 1 aromatic carbocycles. The maximum Gasteiger partial charge on any atom is 0.272 e. The Kier molecular flexibility index (Phi) is 5.41. The number of anilines is 1. The van der Waals surface area contributed by atoms with Crippen molar-refractivity contribution in [3.63, 3.8) is 0 Å². The lowest BCUT2D eigenvalue weighted by Gasteiger charge is -2.29. The number of amides is 4. The Hall–Kier alpha value is -3.75. The number of imide groups is 1. The number of aryl methyl sites for hydroxylation is 1. The SMILES string of the molecule is CCc1c(C(=O)Nc2ccc3c(c2)CN(C2CCC(=O)NC2=O)C3=O)[nH]c(C)c1C(C)=O. The summed E-state index contributed by atoms with van der Waals surface area (Å²) >= 11 is 0. The number of piperidine rings is 1. The number of nitrogens with zero attached hydrogens (tertiary/aromatic N) is 1. The zero-order valence-corrected chi connectivity index (χ0v) is 18.1. The molecule has 3 N–H and O–H groups in total. The second kappa shape index (κ2) is 8.07. The fourth-order valence-electron chi connectivity index (χ4n) is 4.55. The Morgan fingerprint density at radius 2 is 1.97 bits per heavy atom. The van der Waals surface area contributed by atoms with Crippen LogP contribution in [0.4, 0.5) is 5.69 Å². The van der Waals surface area contributed by atoms with Crippen molar-refractivity contribution < 1.29 is 24.0 Å². The van der Waals surface area contributed by atoms with Crippen LogP contribution in [0, 0.1) is 6.92 Å². The van der Waals surface area contributed by atoms with Crippen LogP contribution in [0.5, 0.6) is 0 Å². The molecule has 32 heavy (non-hydrogen) atoms. The van der Waals surface area contributed by atoms with Gasteiger partial charge in [-0.2, -0.15) is 0 Å². The van der Waals surface area contributed by atoms with Crippen molar-refractivity contribution in [2.75, 3.05) is 5.32 Å². The van der Waals surface area contributed by atoms with Gasteiger partial charge in [0.05, 0.1) is 0 Å². The van der Waals surface area contributed by atoms with E-state index in [4.69, 9.17) is 0 Å². The van der Waals surface area contributed by atoms with Crippen LogP contribution in [0.3, 0.4) is 0 Å². The van der Waals surface area contributed by atoms with E-state index < -0.39 is 11.9 Å². The molecular formula is C23H24N4O5. The first-order chi connectivity index (χ1) is 15.2. The maximum atomic E-state index is 12.9. The number of carbonyl (C=O) groups is 5. The number of fused-ring (bicyclic) bond motifs is 1. The molecule has 3 heterocycles. The molecule has 4 amide bonds. The quantitative estimate of drug-likeness (QED) is 0.488. The Bertz CT molecular complexity index is 1180. The lowest BCUT2D eigenvalue weighted by atomic mass is 10.0. The van der Waals surface area contributed by atoms with E-state index in [2.05, 4.69) is 15.6 Å². The normalized spacial score (nSPS) is 17.9. The maximum absolute atomic E-state index is 12.9. The molecule has 0 spiro atoms. The standard InChI is InChI=1S/C23H24N4O5/c1-4-15-19(12(3)28)11(2)24-20(15)22(31)25-14-5-6-16-13(9-14)10-27(23(16)32)17-7-8-18(29)26-21(17)30/h5-6,9,17,24H,4,7-8,10H2,1-3H3,(H,25,31)(H,26,29,30). The molecule has 1 fully saturated rings. The molecule has 1 atom stereocenters. The number of aromatic nitrogens is 1. The van der Waals surface area contributed by atoms with Gasteiger partial charge in [-0.05, 0) is 56.0 Å². The van der Waals surface area contributed by atoms with E-state index in [0.29, 0.717) is 52.2 Å². The molecule has 1 unspecified atom stereocenters. The minimum absolute atomic E-state index is 0.0979. The van der Waals surface area contributed by atoms with Crippen molar-refractivity contribution in [3.8, 4) is 0 Å². The second-order valence-corrected chi connectivity index (χ2v) is 8.11. The minimum atomic E-state index is -0.690. The van der Waals surface area contributed by atoms with Crippen LogP contribution in [0.1, 0.15) is 74.7 Å². The fraction of sp³-hybridized carbons (Fsp3) is 0.348. The second-order valence-electron chi connectivity index (χ2n) is 8.11. The Morgan fingerprint density at radius 3 is 2.62 bits per heavy atom. The van der Waals surface area contributed by atoms with E-state index in [-0.39, 0.29) is 36.5 Å². The average molecular weight is 436 g/mol. The molecule has 1 aromatic heterocycles. The molecule has 4 rings (SSSR count). The summed E-state index contributed by atoms with van der Waals surface area (Å²) in [5, 5.41) is 5.11. The van der Waals surface area contributed by atoms with Gasteiger partial charge in [0.25, 0.3) is 11.8 Å². The van der Waals surface area contributed by atoms with E-state index in [9.17, 15) is 24.0 Å². The van der Waals surface area contributed by atoms with Crippen molar-refractivity contribution in [2.24, 2.45) is 0 Å². The molecule has 0 bridgehead atoms. The van der Waals surface area contributed by atoms with Crippen LogP contribution in [-0.4, -0.2) is 45.3 Å². The lowest BCUT2D eigenvalue weighted by Crippen LogP contribution is -2.52. The predicted molar refractivity (Wildman–Crippen MR) is 115 cm³/mol. The molecule has 2 aliphatic rings. The summed E-state index contributed by atoms with van der Waals surface area (Å²) in [4.78, 5) is 65.8. The topological polar surface area (TPSA) is 128 Å². The van der Waals surface area contributed by atoms with Crippen LogP contribution >= 0.6 is 0 Å². The van der Waals surface area contributed by atoms with Crippen molar-refractivity contribution in [3.05, 3.63) is 51.8 Å². The number of H-pyrrole nitrogens is 1. The first-order valence-electron chi connectivity index (χ1n) is 10.5. The van der Waals surface area contributed by atoms with Crippen LogP contribution in [0.15, 0.2) is 18.2 Å². The highest BCUT2D eigenvalue weighted by molar-refractivity contribution is 6.09. The number of ketones is 1. The molecule has 0 aliphatic carbocycles. The fourth-order valence-corrected chi connectivity index (χ4v) is 4.55. The van der Waals surface area contributed by atoms with E-state index >= 15 is 0 Å². The lowest BCUT2D eigenvalue weighted by molar-refractivity contribution is -0.136. The molecule has 2 aromatic rings. The van der Waals surface area contributed by atoms with Crippen molar-refractivity contribution in [1.82, 2.24) is 15.2 Å². The first-order valence-corrected chi connectivity index (χ1v) is 10.5. The molecule has 9 nitrogen and oxygen atoms in total. The van der Waals surface area contributed by atoms with Gasteiger partial charge in [-0.1, -0.05) is 6.92 Å². The number of benzene rings is 1. The van der Waals surface area contributed by atoms with Gasteiger partial charge < -0.3 is 15.2 Å². The highest BCUT2D eigenvalue weighted by Crippen LogP contribution is 2.30. The summed E-state index contributed by atoms with van der Waals surface area (Å²) in [6.07, 6.45) is 1.01. The van der Waals surface area contributed by atoms with Crippen molar-refractivity contribution >= 4 is 35.1 Å². The first kappa shape index (κ1) is 21.5. The highest BCUT2D eigenvalue weighted by atomic mass is 16.2. The van der Waals surface area contributed by atoms with Crippen LogP contribution in [-0.2, 0) is 22.6 Å². The molecule has 9 heteroatoms.